The van der Waals surface area contributed by atoms with Crippen LogP contribution >= 0.6 is 12.2 Å². The molecule has 0 bridgehead atoms. The van der Waals surface area contributed by atoms with Gasteiger partial charge in [0, 0.05) is 30.6 Å². The standard InChI is InChI=1S/C30H41FO6S/c1-8-23(33)29(26(35)37-18(5)36-25(38)16(2)3)17(4)13-22-21-10-9-19-14-20(32)11-12-27(19,6)30(21,31)24(34)15-28(22,29)7/h11-12,14,16-18,21-22,24,34H,8-10,13,15H2,1-7H3/t17-,18?,21-,22-,24-,27-,28-,29-,30-/m0/s1. The summed E-state index contributed by atoms with van der Waals surface area (Å²) in [4.78, 5) is 40.0. The minimum atomic E-state index is -2.03. The van der Waals surface area contributed by atoms with Crippen LogP contribution in [0.4, 0.5) is 4.39 Å². The van der Waals surface area contributed by atoms with Crippen LogP contribution in [0.25, 0.3) is 0 Å². The highest BCUT2D eigenvalue weighted by Crippen LogP contribution is 2.73. The minimum Gasteiger partial charge on any atom is -0.448 e. The Morgan fingerprint density at radius 1 is 1.21 bits per heavy atom. The number of fused-ring (bicyclic) bond motifs is 5. The summed E-state index contributed by atoms with van der Waals surface area (Å²) in [5, 5.41) is 11.9. The number of esters is 1. The Hall–Kier alpha value is -1.93. The first-order valence-electron chi connectivity index (χ1n) is 13.9. The van der Waals surface area contributed by atoms with Crippen LogP contribution in [0.15, 0.2) is 23.8 Å². The number of thiocarbonyl (C=S) groups is 1. The maximum atomic E-state index is 17.5. The normalized spacial score (nSPS) is 42.5. The van der Waals surface area contributed by atoms with Gasteiger partial charge in [0.1, 0.15) is 5.41 Å². The van der Waals surface area contributed by atoms with Gasteiger partial charge in [0.15, 0.2) is 22.3 Å². The largest absolute Gasteiger partial charge is 0.448 e. The first-order chi connectivity index (χ1) is 17.6. The topological polar surface area (TPSA) is 89.9 Å². The average Bonchev–Trinajstić information content (AvgIpc) is 3.06. The summed E-state index contributed by atoms with van der Waals surface area (Å²) >= 11 is 5.25. The first kappa shape index (κ1) is 29.1. The van der Waals surface area contributed by atoms with Gasteiger partial charge in [-0.15, -0.1) is 0 Å². The molecular formula is C30H41FO6S. The van der Waals surface area contributed by atoms with E-state index in [2.05, 4.69) is 0 Å². The van der Waals surface area contributed by atoms with E-state index in [0.29, 0.717) is 29.9 Å². The molecule has 0 aromatic heterocycles. The van der Waals surface area contributed by atoms with Gasteiger partial charge in [0.2, 0.25) is 6.29 Å². The molecule has 0 aliphatic heterocycles. The van der Waals surface area contributed by atoms with Gasteiger partial charge in [0.25, 0.3) is 0 Å². The zero-order chi connectivity index (χ0) is 28.4. The zero-order valence-corrected chi connectivity index (χ0v) is 24.3. The van der Waals surface area contributed by atoms with Gasteiger partial charge < -0.3 is 14.6 Å². The van der Waals surface area contributed by atoms with Gasteiger partial charge in [-0.2, -0.15) is 0 Å². The summed E-state index contributed by atoms with van der Waals surface area (Å²) < 4.78 is 28.9. The lowest BCUT2D eigenvalue weighted by molar-refractivity contribution is -0.218. The van der Waals surface area contributed by atoms with Crippen LogP contribution in [0.1, 0.15) is 80.6 Å². The first-order valence-corrected chi connectivity index (χ1v) is 14.3. The van der Waals surface area contributed by atoms with Gasteiger partial charge in [-0.3, -0.25) is 14.4 Å². The van der Waals surface area contributed by atoms with Crippen LogP contribution in [0.3, 0.4) is 0 Å². The number of hydrogen-bond donors (Lipinski definition) is 1. The maximum absolute atomic E-state index is 17.5. The molecule has 210 valence electrons. The Kier molecular flexibility index (Phi) is 7.35. The van der Waals surface area contributed by atoms with Gasteiger partial charge in [0.05, 0.1) is 6.10 Å². The van der Waals surface area contributed by atoms with Gasteiger partial charge in [-0.1, -0.05) is 46.3 Å². The number of ether oxygens (including phenoxy) is 2. The predicted octanol–water partition coefficient (Wildman–Crippen LogP) is 5.46. The Balaban J connectivity index is 1.77. The summed E-state index contributed by atoms with van der Waals surface area (Å²) in [6.07, 6.45) is 3.51. The number of carbonyl (C=O) groups excluding carboxylic acids is 3. The minimum absolute atomic E-state index is 0.0494. The SMILES string of the molecule is CCC(=O)[C@]1(C(=O)OC(C)OC(=S)C(C)C)[C@@H](C)C[C@H]2[C@@H]3CCC4=CC(=O)C=C[C@]4(C)[C@@]3(F)[C@@H](O)C[C@@]21C. The summed E-state index contributed by atoms with van der Waals surface area (Å²) in [5.74, 6) is -2.54. The van der Waals surface area contributed by atoms with Gasteiger partial charge in [-0.25, -0.2) is 4.39 Å². The molecule has 4 rings (SSSR count). The highest BCUT2D eigenvalue weighted by atomic mass is 32.1. The van der Waals surface area contributed by atoms with Crippen molar-refractivity contribution in [3.8, 4) is 0 Å². The fourth-order valence-corrected chi connectivity index (χ4v) is 8.69. The highest BCUT2D eigenvalue weighted by molar-refractivity contribution is 7.80. The fourth-order valence-electron chi connectivity index (χ4n) is 8.56. The third-order valence-electron chi connectivity index (χ3n) is 10.4. The third kappa shape index (κ3) is 3.72. The molecule has 4 aliphatic carbocycles. The second kappa shape index (κ2) is 9.61. The van der Waals surface area contributed by atoms with Gasteiger partial charge >= 0.3 is 5.97 Å². The van der Waals surface area contributed by atoms with Crippen LogP contribution in [0, 0.1) is 39.9 Å². The van der Waals surface area contributed by atoms with E-state index in [-0.39, 0.29) is 36.2 Å². The van der Waals surface area contributed by atoms with E-state index < -0.39 is 52.1 Å². The number of Topliss-reactive ketones (excluding diaryl/α,β-unsaturated/α-hetero) is 1. The van der Waals surface area contributed by atoms with Crippen LogP contribution in [-0.2, 0) is 23.9 Å². The van der Waals surface area contributed by atoms with Crippen molar-refractivity contribution in [1.82, 2.24) is 0 Å². The molecule has 0 heterocycles. The Bertz CT molecular complexity index is 1110. The second-order valence-corrected chi connectivity index (χ2v) is 13.0. The summed E-state index contributed by atoms with van der Waals surface area (Å²) in [5.41, 5.74) is -5.06. The molecule has 4 aliphatic rings. The zero-order valence-electron chi connectivity index (χ0n) is 23.5. The highest BCUT2D eigenvalue weighted by Gasteiger charge is 2.77. The average molecular weight is 549 g/mol. The van der Waals surface area contributed by atoms with E-state index >= 15 is 4.39 Å². The van der Waals surface area contributed by atoms with E-state index in [9.17, 15) is 19.5 Å². The lowest BCUT2D eigenvalue weighted by Gasteiger charge is -2.62. The molecule has 1 N–H and O–H groups in total. The van der Waals surface area contributed by atoms with E-state index in [1.165, 1.54) is 12.2 Å². The van der Waals surface area contributed by atoms with E-state index in [0.717, 1.165) is 0 Å². The molecule has 9 atom stereocenters. The van der Waals surface area contributed by atoms with Crippen molar-refractivity contribution in [3.63, 3.8) is 0 Å². The van der Waals surface area contributed by atoms with Crippen LogP contribution in [0.5, 0.6) is 0 Å². The molecule has 0 aromatic rings. The summed E-state index contributed by atoms with van der Waals surface area (Å²) in [6, 6.07) is 0. The number of halogens is 1. The van der Waals surface area contributed by atoms with E-state index in [1.807, 2.05) is 27.7 Å². The lowest BCUT2D eigenvalue weighted by Crippen LogP contribution is -2.69. The Morgan fingerprint density at radius 2 is 1.87 bits per heavy atom. The number of allylic oxidation sites excluding steroid dienone is 4. The molecule has 1 unspecified atom stereocenters. The number of aliphatic hydroxyl groups is 1. The van der Waals surface area contributed by atoms with Gasteiger partial charge in [-0.05, 0) is 74.2 Å². The van der Waals surface area contributed by atoms with E-state index in [1.54, 1.807) is 26.8 Å². The molecule has 0 amide bonds. The third-order valence-corrected chi connectivity index (χ3v) is 11.0. The molecule has 38 heavy (non-hydrogen) atoms. The van der Waals surface area contributed by atoms with Crippen molar-refractivity contribution in [2.45, 2.75) is 98.6 Å². The van der Waals surface area contributed by atoms with Crippen molar-refractivity contribution in [1.29, 1.82) is 0 Å². The summed E-state index contributed by atoms with van der Waals surface area (Å²) in [7, 11) is 0. The van der Waals surface area contributed by atoms with Crippen LogP contribution < -0.4 is 0 Å². The molecule has 3 saturated carbocycles. The monoisotopic (exact) mass is 548 g/mol. The lowest BCUT2D eigenvalue weighted by atomic mass is 9.43. The van der Waals surface area contributed by atoms with E-state index in [4.69, 9.17) is 21.7 Å². The molecule has 0 spiro atoms. The predicted molar refractivity (Wildman–Crippen MR) is 145 cm³/mol. The number of ketones is 2. The molecule has 6 nitrogen and oxygen atoms in total. The molecule has 0 radical (unpaired) electrons. The van der Waals surface area contributed by atoms with Crippen LogP contribution in [-0.4, -0.2) is 45.8 Å². The number of alkyl halides is 1. The fraction of sp³-hybridized carbons (Fsp3) is 0.733. The van der Waals surface area contributed by atoms with Crippen molar-refractivity contribution in [2.75, 3.05) is 0 Å². The number of carbonyl (C=O) groups is 3. The smallest absolute Gasteiger partial charge is 0.323 e. The Labute approximate surface area is 230 Å². The number of hydrogen-bond acceptors (Lipinski definition) is 7. The molecule has 3 fully saturated rings. The molecule has 8 heteroatoms. The van der Waals surface area contributed by atoms with Crippen LogP contribution in [0.2, 0.25) is 0 Å². The molecular weight excluding hydrogens is 507 g/mol. The summed E-state index contributed by atoms with van der Waals surface area (Å²) in [6.45, 7) is 12.5. The van der Waals surface area contributed by atoms with Crippen molar-refractivity contribution >= 4 is 34.8 Å². The Morgan fingerprint density at radius 3 is 2.47 bits per heavy atom. The molecule has 0 saturated heterocycles. The van der Waals surface area contributed by atoms with Crippen molar-refractivity contribution in [2.24, 2.45) is 39.9 Å². The number of aliphatic hydroxyl groups excluding tert-OH is 1. The van der Waals surface area contributed by atoms with Crippen molar-refractivity contribution < 1.29 is 33.4 Å². The maximum Gasteiger partial charge on any atom is 0.323 e. The molecule has 0 aromatic carbocycles. The quantitative estimate of drug-likeness (QED) is 0.204. The number of rotatable bonds is 6. The van der Waals surface area contributed by atoms with Crippen molar-refractivity contribution in [3.05, 3.63) is 23.8 Å². The second-order valence-electron chi connectivity index (χ2n) is 12.6.